The maximum absolute atomic E-state index is 12.1. The molecule has 0 radical (unpaired) electrons. The molecular weight excluding hydrogens is 272 g/mol. The van der Waals surface area contributed by atoms with Crippen LogP contribution in [0, 0.1) is 10.8 Å². The molecule has 2 aliphatic rings. The van der Waals surface area contributed by atoms with E-state index in [4.69, 9.17) is 0 Å². The zero-order valence-electron chi connectivity index (χ0n) is 13.5. The summed E-state index contributed by atoms with van der Waals surface area (Å²) < 4.78 is 0. The summed E-state index contributed by atoms with van der Waals surface area (Å²) in [5.41, 5.74) is 2.40. The van der Waals surface area contributed by atoms with E-state index >= 15 is 0 Å². The van der Waals surface area contributed by atoms with Crippen LogP contribution in [-0.4, -0.2) is 17.5 Å². The van der Waals surface area contributed by atoms with Gasteiger partial charge in [-0.1, -0.05) is 49.2 Å². The summed E-state index contributed by atoms with van der Waals surface area (Å²) in [6, 6.07) is 10.4. The maximum atomic E-state index is 12.1. The van der Waals surface area contributed by atoms with E-state index in [2.05, 4.69) is 31.2 Å². The smallest absolute Gasteiger partial charge is 0.155 e. The molecule has 2 atom stereocenters. The Bertz CT molecular complexity index is 575. The van der Waals surface area contributed by atoms with Crippen LogP contribution in [0.3, 0.4) is 0 Å². The average Bonchev–Trinajstić information content (AvgIpc) is 2.56. The molecule has 1 aromatic rings. The Morgan fingerprint density at radius 1 is 1.14 bits per heavy atom. The molecule has 2 nitrogen and oxygen atoms in total. The summed E-state index contributed by atoms with van der Waals surface area (Å²) in [5.74, 6) is 0.242. The molecule has 3 rings (SSSR count). The van der Waals surface area contributed by atoms with E-state index in [1.165, 1.54) is 17.6 Å². The number of aliphatic hydroxyl groups is 1. The van der Waals surface area contributed by atoms with E-state index in [0.717, 1.165) is 32.1 Å². The van der Waals surface area contributed by atoms with Crippen molar-refractivity contribution in [3.63, 3.8) is 0 Å². The number of aliphatic hydroxyl groups excluding tert-OH is 1. The molecule has 118 valence electrons. The van der Waals surface area contributed by atoms with Gasteiger partial charge in [-0.05, 0) is 49.2 Å². The zero-order chi connectivity index (χ0) is 15.6. The lowest BCUT2D eigenvalue weighted by Gasteiger charge is -2.52. The van der Waals surface area contributed by atoms with E-state index in [1.807, 2.05) is 12.1 Å². The molecule has 0 saturated heterocycles. The normalized spacial score (nSPS) is 31.5. The van der Waals surface area contributed by atoms with E-state index < -0.39 is 0 Å². The van der Waals surface area contributed by atoms with Crippen LogP contribution < -0.4 is 0 Å². The molecule has 0 heterocycles. The van der Waals surface area contributed by atoms with Crippen molar-refractivity contribution in [3.05, 3.63) is 47.5 Å². The molecule has 1 fully saturated rings. The third-order valence-corrected chi connectivity index (χ3v) is 5.97. The van der Waals surface area contributed by atoms with Gasteiger partial charge in [-0.3, -0.25) is 4.79 Å². The van der Waals surface area contributed by atoms with E-state index in [0.29, 0.717) is 6.42 Å². The van der Waals surface area contributed by atoms with Gasteiger partial charge in [0, 0.05) is 11.8 Å². The van der Waals surface area contributed by atoms with Gasteiger partial charge >= 0.3 is 0 Å². The predicted molar refractivity (Wildman–Crippen MR) is 88.6 cm³/mol. The van der Waals surface area contributed by atoms with Crippen molar-refractivity contribution in [1.29, 1.82) is 0 Å². The molecule has 0 spiro atoms. The number of ketones is 1. The first-order chi connectivity index (χ1) is 10.6. The maximum Gasteiger partial charge on any atom is 0.155 e. The van der Waals surface area contributed by atoms with Gasteiger partial charge in [-0.25, -0.2) is 0 Å². The van der Waals surface area contributed by atoms with Crippen molar-refractivity contribution in [2.45, 2.75) is 51.9 Å². The summed E-state index contributed by atoms with van der Waals surface area (Å²) in [4.78, 5) is 12.1. The number of benzene rings is 1. The van der Waals surface area contributed by atoms with Crippen LogP contribution >= 0.6 is 0 Å². The first-order valence-electron chi connectivity index (χ1n) is 8.54. The van der Waals surface area contributed by atoms with Gasteiger partial charge in [0.05, 0.1) is 6.61 Å². The molecule has 1 N–H and O–H groups in total. The summed E-state index contributed by atoms with van der Waals surface area (Å²) in [5, 5.41) is 10.3. The molecule has 1 saturated carbocycles. The van der Waals surface area contributed by atoms with Crippen LogP contribution in [0.2, 0.25) is 0 Å². The lowest BCUT2D eigenvalue weighted by atomic mass is 9.53. The molecule has 0 aromatic heterocycles. The number of allylic oxidation sites excluding steroid dienone is 1. The zero-order valence-corrected chi connectivity index (χ0v) is 13.5. The van der Waals surface area contributed by atoms with Gasteiger partial charge < -0.3 is 5.11 Å². The Kier molecular flexibility index (Phi) is 4.22. The van der Waals surface area contributed by atoms with Crippen LogP contribution in [-0.2, 0) is 11.2 Å². The Labute approximate surface area is 133 Å². The van der Waals surface area contributed by atoms with Crippen molar-refractivity contribution in [2.75, 3.05) is 6.61 Å². The van der Waals surface area contributed by atoms with Gasteiger partial charge in [-0.15, -0.1) is 0 Å². The fourth-order valence-corrected chi connectivity index (χ4v) is 4.69. The second-order valence-electron chi connectivity index (χ2n) is 7.11. The summed E-state index contributed by atoms with van der Waals surface area (Å²) in [7, 11) is 0. The minimum absolute atomic E-state index is 0.142. The van der Waals surface area contributed by atoms with Crippen molar-refractivity contribution in [3.8, 4) is 0 Å². The molecular formula is C20H26O2. The summed E-state index contributed by atoms with van der Waals surface area (Å²) in [6.07, 6.45) is 8.74. The predicted octanol–water partition coefficient (Wildman–Crippen LogP) is 4.08. The molecule has 1 aromatic carbocycles. The largest absolute Gasteiger partial charge is 0.395 e. The number of fused-ring (bicyclic) bond motifs is 1. The highest BCUT2D eigenvalue weighted by Crippen LogP contribution is 2.57. The van der Waals surface area contributed by atoms with Gasteiger partial charge in [0.2, 0.25) is 0 Å². The Morgan fingerprint density at radius 2 is 1.91 bits per heavy atom. The Morgan fingerprint density at radius 3 is 2.59 bits per heavy atom. The summed E-state index contributed by atoms with van der Waals surface area (Å²) >= 11 is 0. The minimum atomic E-state index is -0.244. The lowest BCUT2D eigenvalue weighted by molar-refractivity contribution is -0.116. The fraction of sp³-hybridized carbons (Fsp3) is 0.550. The van der Waals surface area contributed by atoms with Crippen molar-refractivity contribution < 1.29 is 9.90 Å². The third kappa shape index (κ3) is 2.54. The average molecular weight is 298 g/mol. The number of rotatable bonds is 4. The third-order valence-electron chi connectivity index (χ3n) is 5.97. The molecule has 1 unspecified atom stereocenters. The summed E-state index contributed by atoms with van der Waals surface area (Å²) in [6.45, 7) is 2.38. The first kappa shape index (κ1) is 15.5. The van der Waals surface area contributed by atoms with E-state index in [-0.39, 0.29) is 23.2 Å². The lowest BCUT2D eigenvalue weighted by Crippen LogP contribution is -2.45. The first-order valence-corrected chi connectivity index (χ1v) is 8.54. The van der Waals surface area contributed by atoms with Crippen LogP contribution in [0.1, 0.15) is 51.0 Å². The molecule has 0 bridgehead atoms. The fourth-order valence-electron chi connectivity index (χ4n) is 4.69. The Hall–Kier alpha value is -1.41. The molecule has 0 amide bonds. The second kappa shape index (κ2) is 6.00. The van der Waals surface area contributed by atoms with Crippen LogP contribution in [0.4, 0.5) is 0 Å². The monoisotopic (exact) mass is 298 g/mol. The van der Waals surface area contributed by atoms with Gasteiger partial charge in [0.1, 0.15) is 0 Å². The highest BCUT2D eigenvalue weighted by molar-refractivity contribution is 5.92. The van der Waals surface area contributed by atoms with Crippen LogP contribution in [0.5, 0.6) is 0 Å². The van der Waals surface area contributed by atoms with Crippen molar-refractivity contribution >= 4 is 5.78 Å². The molecule has 2 heteroatoms. The van der Waals surface area contributed by atoms with Gasteiger partial charge in [0.15, 0.2) is 5.78 Å². The van der Waals surface area contributed by atoms with Gasteiger partial charge in [0.25, 0.3) is 0 Å². The number of carbonyl (C=O) groups is 1. The van der Waals surface area contributed by atoms with E-state index in [9.17, 15) is 9.90 Å². The quantitative estimate of drug-likeness (QED) is 0.909. The number of carbonyl (C=O) groups excluding carboxylic acids is 1. The Balaban J connectivity index is 2.03. The second-order valence-corrected chi connectivity index (χ2v) is 7.11. The van der Waals surface area contributed by atoms with Gasteiger partial charge in [-0.2, -0.15) is 0 Å². The topological polar surface area (TPSA) is 37.3 Å². The molecule has 2 aliphatic carbocycles. The number of hydrogen-bond donors (Lipinski definition) is 1. The SMILES string of the molecule is CC[C@@]12CCCC(CO)(Cc3ccccc3)C1=CC(=O)CC2. The highest BCUT2D eigenvalue weighted by Gasteiger charge is 2.49. The van der Waals surface area contributed by atoms with Crippen molar-refractivity contribution in [2.24, 2.45) is 10.8 Å². The van der Waals surface area contributed by atoms with Crippen LogP contribution in [0.15, 0.2) is 42.0 Å². The van der Waals surface area contributed by atoms with Crippen molar-refractivity contribution in [1.82, 2.24) is 0 Å². The molecule has 22 heavy (non-hydrogen) atoms. The molecule has 0 aliphatic heterocycles. The number of hydrogen-bond acceptors (Lipinski definition) is 2. The van der Waals surface area contributed by atoms with Crippen LogP contribution in [0.25, 0.3) is 0 Å². The standard InChI is InChI=1S/C20H26O2/c1-2-19-10-6-11-20(15-21,14-16-7-4-3-5-8-16)18(19)13-17(22)9-12-19/h3-5,7-8,13,21H,2,6,9-12,14-15H2,1H3/t19-,20?/m0/s1. The highest BCUT2D eigenvalue weighted by atomic mass is 16.3. The van der Waals surface area contributed by atoms with E-state index in [1.54, 1.807) is 0 Å². The minimum Gasteiger partial charge on any atom is -0.395 e.